The molecule has 0 rings (SSSR count). The lowest BCUT2D eigenvalue weighted by atomic mass is 10.4. The summed E-state index contributed by atoms with van der Waals surface area (Å²) in [6, 6.07) is 0. The van der Waals surface area contributed by atoms with Gasteiger partial charge in [-0.3, -0.25) is 0 Å². The van der Waals surface area contributed by atoms with Crippen LogP contribution in [0.25, 0.3) is 0 Å². The largest absolute Gasteiger partial charge is 0.382 e. The van der Waals surface area contributed by atoms with Gasteiger partial charge in [-0.05, 0) is 19.4 Å². The van der Waals surface area contributed by atoms with Gasteiger partial charge in [0, 0.05) is 20.3 Å². The van der Waals surface area contributed by atoms with E-state index < -0.39 is 0 Å². The molecule has 0 radical (unpaired) electrons. The molecule has 0 amide bonds. The molecule has 0 aliphatic heterocycles. The summed E-state index contributed by atoms with van der Waals surface area (Å²) in [5.41, 5.74) is 0. The Labute approximate surface area is 99.0 Å². The molecule has 4 nitrogen and oxygen atoms in total. The Kier molecular flexibility index (Phi) is 14.2. The first kappa shape index (κ1) is 15.6. The SMILES string of the molecule is C=CCCOCCNCCCOCCOC. The molecule has 0 aromatic heterocycles. The first-order valence-electron chi connectivity index (χ1n) is 5.88. The van der Waals surface area contributed by atoms with Crippen molar-refractivity contribution in [3.05, 3.63) is 12.7 Å². The average molecular weight is 231 g/mol. The van der Waals surface area contributed by atoms with Crippen LogP contribution in [0.3, 0.4) is 0 Å². The van der Waals surface area contributed by atoms with E-state index in [1.54, 1.807) is 7.11 Å². The predicted molar refractivity (Wildman–Crippen MR) is 65.8 cm³/mol. The van der Waals surface area contributed by atoms with Crippen LogP contribution in [-0.2, 0) is 14.2 Å². The van der Waals surface area contributed by atoms with Gasteiger partial charge in [0.2, 0.25) is 0 Å². The van der Waals surface area contributed by atoms with Gasteiger partial charge < -0.3 is 19.5 Å². The van der Waals surface area contributed by atoms with Gasteiger partial charge in [0.1, 0.15) is 0 Å². The molecule has 0 heterocycles. The predicted octanol–water partition coefficient (Wildman–Crippen LogP) is 1.22. The highest BCUT2D eigenvalue weighted by Crippen LogP contribution is 1.83. The van der Waals surface area contributed by atoms with Crippen molar-refractivity contribution in [2.45, 2.75) is 12.8 Å². The van der Waals surface area contributed by atoms with Crippen LogP contribution < -0.4 is 5.32 Å². The second-order valence-corrected chi connectivity index (χ2v) is 3.40. The first-order chi connectivity index (χ1) is 7.91. The zero-order chi connectivity index (χ0) is 11.9. The van der Waals surface area contributed by atoms with Crippen LogP contribution in [-0.4, -0.2) is 53.2 Å². The Morgan fingerprint density at radius 1 is 1.00 bits per heavy atom. The van der Waals surface area contributed by atoms with E-state index in [-0.39, 0.29) is 0 Å². The molecule has 0 unspecified atom stereocenters. The summed E-state index contributed by atoms with van der Waals surface area (Å²) in [5, 5.41) is 3.29. The summed E-state index contributed by atoms with van der Waals surface area (Å²) >= 11 is 0. The molecule has 0 aromatic rings. The zero-order valence-electron chi connectivity index (χ0n) is 10.4. The molecule has 0 bridgehead atoms. The van der Waals surface area contributed by atoms with Gasteiger partial charge >= 0.3 is 0 Å². The molecular weight excluding hydrogens is 206 g/mol. The lowest BCUT2D eigenvalue weighted by molar-refractivity contribution is 0.0691. The Bertz CT molecular complexity index is 142. The smallest absolute Gasteiger partial charge is 0.0700 e. The van der Waals surface area contributed by atoms with Gasteiger partial charge in [0.25, 0.3) is 0 Å². The summed E-state index contributed by atoms with van der Waals surface area (Å²) < 4.78 is 15.5. The number of nitrogens with one attached hydrogen (secondary N) is 1. The molecule has 0 saturated heterocycles. The monoisotopic (exact) mass is 231 g/mol. The van der Waals surface area contributed by atoms with Crippen molar-refractivity contribution in [3.8, 4) is 0 Å². The number of rotatable bonds is 13. The van der Waals surface area contributed by atoms with Crippen molar-refractivity contribution in [3.63, 3.8) is 0 Å². The molecule has 0 aliphatic rings. The van der Waals surface area contributed by atoms with Gasteiger partial charge in [0.05, 0.1) is 26.4 Å². The fourth-order valence-electron chi connectivity index (χ4n) is 1.08. The molecule has 0 saturated carbocycles. The topological polar surface area (TPSA) is 39.7 Å². The Morgan fingerprint density at radius 3 is 2.56 bits per heavy atom. The number of ether oxygens (including phenoxy) is 3. The lowest BCUT2D eigenvalue weighted by Gasteiger charge is -2.06. The van der Waals surface area contributed by atoms with Crippen LogP contribution in [0.1, 0.15) is 12.8 Å². The van der Waals surface area contributed by atoms with Crippen LogP contribution in [0.2, 0.25) is 0 Å². The van der Waals surface area contributed by atoms with E-state index in [2.05, 4.69) is 11.9 Å². The van der Waals surface area contributed by atoms with Crippen molar-refractivity contribution in [1.29, 1.82) is 0 Å². The van der Waals surface area contributed by atoms with E-state index >= 15 is 0 Å². The van der Waals surface area contributed by atoms with Crippen LogP contribution in [0.4, 0.5) is 0 Å². The second kappa shape index (κ2) is 14.6. The Morgan fingerprint density at radius 2 is 1.81 bits per heavy atom. The molecule has 0 aromatic carbocycles. The summed E-state index contributed by atoms with van der Waals surface area (Å²) in [6.07, 6.45) is 3.81. The maximum Gasteiger partial charge on any atom is 0.0700 e. The third-order valence-corrected chi connectivity index (χ3v) is 1.96. The summed E-state index contributed by atoms with van der Waals surface area (Å²) in [5.74, 6) is 0. The molecule has 0 fully saturated rings. The van der Waals surface area contributed by atoms with Crippen LogP contribution in [0.5, 0.6) is 0 Å². The fourth-order valence-corrected chi connectivity index (χ4v) is 1.08. The fraction of sp³-hybridized carbons (Fsp3) is 0.833. The number of hydrogen-bond donors (Lipinski definition) is 1. The van der Waals surface area contributed by atoms with E-state index in [1.807, 2.05) is 6.08 Å². The molecule has 16 heavy (non-hydrogen) atoms. The zero-order valence-corrected chi connectivity index (χ0v) is 10.4. The van der Waals surface area contributed by atoms with Gasteiger partial charge in [-0.15, -0.1) is 6.58 Å². The molecule has 0 spiro atoms. The molecule has 0 aliphatic carbocycles. The Balaban J connectivity index is 2.85. The van der Waals surface area contributed by atoms with Crippen LogP contribution in [0.15, 0.2) is 12.7 Å². The second-order valence-electron chi connectivity index (χ2n) is 3.40. The first-order valence-corrected chi connectivity index (χ1v) is 5.88. The van der Waals surface area contributed by atoms with Crippen molar-refractivity contribution in [2.24, 2.45) is 0 Å². The highest BCUT2D eigenvalue weighted by atomic mass is 16.5. The molecule has 4 heteroatoms. The third kappa shape index (κ3) is 13.6. The minimum absolute atomic E-state index is 0.671. The third-order valence-electron chi connectivity index (χ3n) is 1.96. The van der Waals surface area contributed by atoms with Crippen molar-refractivity contribution < 1.29 is 14.2 Å². The Hall–Kier alpha value is -0.420. The van der Waals surface area contributed by atoms with Crippen LogP contribution >= 0.6 is 0 Å². The van der Waals surface area contributed by atoms with Gasteiger partial charge in [-0.2, -0.15) is 0 Å². The van der Waals surface area contributed by atoms with E-state index in [9.17, 15) is 0 Å². The standard InChI is InChI=1S/C12H25NO3/c1-3-4-8-15-10-7-13-6-5-9-16-12-11-14-2/h3,13H,1,4-12H2,2H3. The maximum atomic E-state index is 5.35. The molecular formula is C12H25NO3. The normalized spacial score (nSPS) is 10.6. The maximum absolute atomic E-state index is 5.35. The van der Waals surface area contributed by atoms with Gasteiger partial charge in [-0.1, -0.05) is 6.08 Å². The van der Waals surface area contributed by atoms with E-state index in [0.29, 0.717) is 13.2 Å². The number of methoxy groups -OCH3 is 1. The van der Waals surface area contributed by atoms with Gasteiger partial charge in [0.15, 0.2) is 0 Å². The summed E-state index contributed by atoms with van der Waals surface area (Å²) in [4.78, 5) is 0. The lowest BCUT2D eigenvalue weighted by Crippen LogP contribution is -2.22. The highest BCUT2D eigenvalue weighted by Gasteiger charge is 1.90. The summed E-state index contributed by atoms with van der Waals surface area (Å²) in [7, 11) is 1.68. The minimum Gasteiger partial charge on any atom is -0.382 e. The quantitative estimate of drug-likeness (QED) is 0.382. The van der Waals surface area contributed by atoms with Crippen LogP contribution in [0, 0.1) is 0 Å². The van der Waals surface area contributed by atoms with Crippen molar-refractivity contribution in [2.75, 3.05) is 53.2 Å². The molecule has 1 N–H and O–H groups in total. The minimum atomic E-state index is 0.671. The molecule has 96 valence electrons. The highest BCUT2D eigenvalue weighted by molar-refractivity contribution is 4.64. The molecule has 0 atom stereocenters. The average Bonchev–Trinajstić information content (AvgIpc) is 2.31. The van der Waals surface area contributed by atoms with E-state index in [1.165, 1.54) is 0 Å². The van der Waals surface area contributed by atoms with Crippen molar-refractivity contribution >= 4 is 0 Å². The van der Waals surface area contributed by atoms with Gasteiger partial charge in [-0.25, -0.2) is 0 Å². The van der Waals surface area contributed by atoms with E-state index in [0.717, 1.165) is 45.8 Å². The van der Waals surface area contributed by atoms with E-state index in [4.69, 9.17) is 14.2 Å². The number of hydrogen-bond acceptors (Lipinski definition) is 4. The van der Waals surface area contributed by atoms with Crippen molar-refractivity contribution in [1.82, 2.24) is 5.32 Å². The summed E-state index contributed by atoms with van der Waals surface area (Å²) in [6.45, 7) is 9.17.